The van der Waals surface area contributed by atoms with Gasteiger partial charge < -0.3 is 5.11 Å². The van der Waals surface area contributed by atoms with E-state index in [2.05, 4.69) is 0 Å². The Labute approximate surface area is 119 Å². The summed E-state index contributed by atoms with van der Waals surface area (Å²) in [6, 6.07) is 0. The van der Waals surface area contributed by atoms with Gasteiger partial charge in [0.2, 0.25) is 0 Å². The number of carboxylic acids is 1. The molecular weight excluding hydrogens is 224 g/mol. The van der Waals surface area contributed by atoms with Crippen molar-refractivity contribution >= 4 is 5.97 Å². The number of carbonyl (C=O) groups is 1. The van der Waals surface area contributed by atoms with Crippen LogP contribution in [0.4, 0.5) is 0 Å². The van der Waals surface area contributed by atoms with Crippen molar-refractivity contribution < 1.29 is 16.8 Å². The minimum Gasteiger partial charge on any atom is -0.481 e. The summed E-state index contributed by atoms with van der Waals surface area (Å²) in [5.74, 6) is -0.724. The second-order valence-electron chi connectivity index (χ2n) is 4.34. The monoisotopic (exact) mass is 257 g/mol. The molecule has 0 heterocycles. The van der Waals surface area contributed by atoms with Gasteiger partial charge in [0, 0.05) is 13.3 Å². The first-order valence-corrected chi connectivity index (χ1v) is 6.73. The third-order valence-corrected chi connectivity index (χ3v) is 2.69. The maximum atomic E-state index is 10.3. The second-order valence-corrected chi connectivity index (χ2v) is 4.34. The van der Waals surface area contributed by atoms with Crippen molar-refractivity contribution in [3.63, 3.8) is 0 Å². The van der Waals surface area contributed by atoms with E-state index >= 15 is 0 Å². The number of aliphatic carboxylic acids is 1. The van der Waals surface area contributed by atoms with E-state index in [4.69, 9.17) is 12.0 Å². The summed E-state index contributed by atoms with van der Waals surface area (Å²) in [5.41, 5.74) is 0. The highest BCUT2D eigenvalue weighted by atomic mass is 16.4. The third kappa shape index (κ3) is 14.9. The van der Waals surface area contributed by atoms with Crippen molar-refractivity contribution in [3.8, 4) is 0 Å². The van der Waals surface area contributed by atoms with Crippen LogP contribution in [0.1, 0.15) is 77.9 Å². The number of unbranched alkanes of at least 4 members (excludes halogenated alkanes) is 7. The van der Waals surface area contributed by atoms with Crippen LogP contribution in [0, 0.1) is 0 Å². The molecule has 0 unspecified atom stereocenters. The molecule has 0 radical (unpaired) electrons. The number of hydrogen-bond donors (Lipinski definition) is 1. The zero-order valence-corrected chi connectivity index (χ0v) is 11.0. The lowest BCUT2D eigenvalue weighted by molar-refractivity contribution is -0.137. The van der Waals surface area contributed by atoms with Crippen molar-refractivity contribution in [1.29, 1.82) is 0 Å². The Hall–Kier alpha value is -1.05. The fourth-order valence-electron chi connectivity index (χ4n) is 1.70. The number of carboxylic acid groups (broad SMARTS) is 1. The van der Waals surface area contributed by atoms with Crippen molar-refractivity contribution in [2.75, 3.05) is 0 Å². The number of rotatable bonds is 12. The van der Waals surface area contributed by atoms with E-state index in [1.165, 1.54) is 6.08 Å². The lowest BCUT2D eigenvalue weighted by atomic mass is 10.1. The predicted molar refractivity (Wildman–Crippen MR) is 77.8 cm³/mol. The lowest BCUT2D eigenvalue weighted by Gasteiger charge is -1.99. The summed E-state index contributed by atoms with van der Waals surface area (Å²) in [7, 11) is 0. The SMILES string of the molecule is [2H]C([2H])([2H])C([2H])([2H])/C=C\C=C/CCCCCCCCCC(=O)O. The highest BCUT2D eigenvalue weighted by molar-refractivity contribution is 5.66. The molecule has 0 aliphatic heterocycles. The van der Waals surface area contributed by atoms with Gasteiger partial charge in [-0.3, -0.25) is 4.79 Å². The summed E-state index contributed by atoms with van der Waals surface area (Å²) in [6.07, 6.45) is 12.2. The minimum atomic E-state index is -2.64. The molecule has 0 saturated heterocycles. The van der Waals surface area contributed by atoms with Gasteiger partial charge in [-0.15, -0.1) is 0 Å². The van der Waals surface area contributed by atoms with E-state index < -0.39 is 19.2 Å². The molecule has 0 aromatic carbocycles. The Balaban J connectivity index is 3.57. The van der Waals surface area contributed by atoms with Gasteiger partial charge in [-0.25, -0.2) is 0 Å². The van der Waals surface area contributed by atoms with Crippen LogP contribution < -0.4 is 0 Å². The molecule has 0 bridgehead atoms. The highest BCUT2D eigenvalue weighted by Crippen LogP contribution is 2.09. The smallest absolute Gasteiger partial charge is 0.303 e. The van der Waals surface area contributed by atoms with Crippen LogP contribution >= 0.6 is 0 Å². The minimum absolute atomic E-state index is 0.262. The van der Waals surface area contributed by atoms with Gasteiger partial charge in [-0.05, 0) is 25.6 Å². The number of hydrogen-bond acceptors (Lipinski definition) is 1. The van der Waals surface area contributed by atoms with Gasteiger partial charge in [0.15, 0.2) is 0 Å². The van der Waals surface area contributed by atoms with E-state index in [0.29, 0.717) is 0 Å². The Morgan fingerprint density at radius 1 is 1.06 bits per heavy atom. The molecule has 2 nitrogen and oxygen atoms in total. The zero-order valence-electron chi connectivity index (χ0n) is 16.0. The molecule has 0 aliphatic rings. The van der Waals surface area contributed by atoms with Crippen LogP contribution in [0.5, 0.6) is 0 Å². The molecule has 0 spiro atoms. The van der Waals surface area contributed by atoms with Gasteiger partial charge in [0.05, 0.1) is 0 Å². The summed E-state index contributed by atoms with van der Waals surface area (Å²) in [4.78, 5) is 10.3. The normalized spacial score (nSPS) is 17.2. The van der Waals surface area contributed by atoms with E-state index in [9.17, 15) is 4.79 Å². The molecule has 0 aliphatic carbocycles. The molecule has 104 valence electrons. The van der Waals surface area contributed by atoms with Gasteiger partial charge >= 0.3 is 5.97 Å². The summed E-state index contributed by atoms with van der Waals surface area (Å²) < 4.78 is 36.0. The first kappa shape index (κ1) is 9.82. The van der Waals surface area contributed by atoms with E-state index in [0.717, 1.165) is 57.4 Å². The van der Waals surface area contributed by atoms with Crippen LogP contribution in [0.2, 0.25) is 0 Å². The van der Waals surface area contributed by atoms with E-state index in [1.807, 2.05) is 6.08 Å². The van der Waals surface area contributed by atoms with Gasteiger partial charge in [0.25, 0.3) is 0 Å². The predicted octanol–water partition coefficient (Wildman–Crippen LogP) is 5.10. The molecule has 0 saturated carbocycles. The van der Waals surface area contributed by atoms with Crippen molar-refractivity contribution in [2.45, 2.75) is 71.0 Å². The molecule has 18 heavy (non-hydrogen) atoms. The standard InChI is InChI=1S/C16H28O2/c1-2-3-4-5-6-7-8-9-10-11-12-13-14-15-16(17)18/h3-6H,2,7-15H2,1H3,(H,17,18)/b4-3-,6-5-/i1D3,2D2. The molecule has 0 atom stereocenters. The Morgan fingerprint density at radius 3 is 2.33 bits per heavy atom. The zero-order chi connectivity index (χ0) is 17.8. The van der Waals surface area contributed by atoms with E-state index in [1.54, 1.807) is 6.08 Å². The Kier molecular flexibility index (Phi) is 7.65. The summed E-state index contributed by atoms with van der Waals surface area (Å²) >= 11 is 0. The lowest BCUT2D eigenvalue weighted by Crippen LogP contribution is -1.93. The quantitative estimate of drug-likeness (QED) is 0.390. The molecular formula is C16H28O2. The topological polar surface area (TPSA) is 37.3 Å². The largest absolute Gasteiger partial charge is 0.481 e. The Morgan fingerprint density at radius 2 is 1.67 bits per heavy atom. The van der Waals surface area contributed by atoms with Gasteiger partial charge in [-0.2, -0.15) is 0 Å². The first-order chi connectivity index (χ1) is 10.7. The maximum absolute atomic E-state index is 10.3. The maximum Gasteiger partial charge on any atom is 0.303 e. The molecule has 0 aromatic rings. The van der Waals surface area contributed by atoms with Crippen LogP contribution in [0.15, 0.2) is 24.3 Å². The fraction of sp³-hybridized carbons (Fsp3) is 0.688. The van der Waals surface area contributed by atoms with Gasteiger partial charge in [-0.1, -0.05) is 63.3 Å². The third-order valence-electron chi connectivity index (χ3n) is 2.69. The van der Waals surface area contributed by atoms with Gasteiger partial charge in [0.1, 0.15) is 0 Å². The highest BCUT2D eigenvalue weighted by Gasteiger charge is 1.96. The Bertz CT molecular complexity index is 386. The van der Waals surface area contributed by atoms with Crippen molar-refractivity contribution in [2.24, 2.45) is 0 Å². The average Bonchev–Trinajstić information content (AvgIpc) is 2.42. The van der Waals surface area contributed by atoms with Crippen molar-refractivity contribution in [3.05, 3.63) is 24.3 Å². The fourth-order valence-corrected chi connectivity index (χ4v) is 1.70. The molecule has 0 fully saturated rings. The van der Waals surface area contributed by atoms with E-state index in [-0.39, 0.29) is 6.42 Å². The van der Waals surface area contributed by atoms with Crippen LogP contribution in [0.3, 0.4) is 0 Å². The summed E-state index contributed by atoms with van der Waals surface area (Å²) in [5, 5.41) is 8.50. The molecule has 0 aromatic heterocycles. The average molecular weight is 257 g/mol. The second kappa shape index (κ2) is 14.0. The van der Waals surface area contributed by atoms with Crippen LogP contribution in [-0.4, -0.2) is 11.1 Å². The van der Waals surface area contributed by atoms with Crippen LogP contribution in [0.25, 0.3) is 0 Å². The number of allylic oxidation sites excluding steroid dienone is 4. The molecule has 0 rings (SSSR count). The first-order valence-electron chi connectivity index (χ1n) is 9.23. The summed E-state index contributed by atoms with van der Waals surface area (Å²) in [6.45, 7) is -2.64. The molecule has 0 amide bonds. The molecule has 2 heteroatoms. The van der Waals surface area contributed by atoms with Crippen molar-refractivity contribution in [1.82, 2.24) is 0 Å². The molecule has 1 N–H and O–H groups in total. The van der Waals surface area contributed by atoms with Crippen LogP contribution in [-0.2, 0) is 4.79 Å².